The van der Waals surface area contributed by atoms with Gasteiger partial charge in [-0.3, -0.25) is 4.21 Å². The molecule has 0 radical (unpaired) electrons. The normalized spacial score (nSPS) is 13.0. The fourth-order valence-corrected chi connectivity index (χ4v) is 2.29. The lowest BCUT2D eigenvalue weighted by Crippen LogP contribution is -2.20. The zero-order valence-electron chi connectivity index (χ0n) is 7.79. The van der Waals surface area contributed by atoms with Crippen LogP contribution < -0.4 is 5.32 Å². The summed E-state index contributed by atoms with van der Waals surface area (Å²) in [7, 11) is -0.635. The molecule has 1 aromatic rings. The van der Waals surface area contributed by atoms with Gasteiger partial charge in [-0.2, -0.15) is 11.3 Å². The van der Waals surface area contributed by atoms with Gasteiger partial charge in [0.1, 0.15) is 0 Å². The molecule has 0 amide bonds. The zero-order valence-corrected chi connectivity index (χ0v) is 9.42. The smallest absolute Gasteiger partial charge is 0.0360 e. The number of thiophene rings is 1. The highest BCUT2D eigenvalue weighted by atomic mass is 32.2. The summed E-state index contributed by atoms with van der Waals surface area (Å²) in [6.45, 7) is 3.69. The van der Waals surface area contributed by atoms with E-state index in [2.05, 4.69) is 22.1 Å². The third-order valence-electron chi connectivity index (χ3n) is 1.74. The van der Waals surface area contributed by atoms with Gasteiger partial charge in [0.15, 0.2) is 0 Å². The molecule has 4 heteroatoms. The molecule has 0 bridgehead atoms. The molecule has 0 spiro atoms. The van der Waals surface area contributed by atoms with Gasteiger partial charge in [-0.1, -0.05) is 6.92 Å². The molecule has 0 fully saturated rings. The molecule has 0 saturated heterocycles. The largest absolute Gasteiger partial charge is 0.312 e. The van der Waals surface area contributed by atoms with Gasteiger partial charge in [-0.25, -0.2) is 0 Å². The first-order valence-corrected chi connectivity index (χ1v) is 6.82. The highest BCUT2D eigenvalue weighted by Gasteiger charge is 1.95. The van der Waals surface area contributed by atoms with Gasteiger partial charge >= 0.3 is 0 Å². The van der Waals surface area contributed by atoms with E-state index in [0.717, 1.165) is 24.6 Å². The van der Waals surface area contributed by atoms with Crippen LogP contribution in [-0.2, 0) is 17.3 Å². The van der Waals surface area contributed by atoms with Crippen molar-refractivity contribution in [3.63, 3.8) is 0 Å². The fourth-order valence-electron chi connectivity index (χ4n) is 0.956. The minimum Gasteiger partial charge on any atom is -0.312 e. The van der Waals surface area contributed by atoms with Crippen LogP contribution in [0.5, 0.6) is 0 Å². The maximum atomic E-state index is 11.0. The van der Waals surface area contributed by atoms with Crippen molar-refractivity contribution in [2.24, 2.45) is 0 Å². The molecule has 1 heterocycles. The maximum absolute atomic E-state index is 11.0. The van der Waals surface area contributed by atoms with E-state index >= 15 is 0 Å². The molecule has 0 aliphatic carbocycles. The Labute approximate surface area is 85.8 Å². The van der Waals surface area contributed by atoms with Crippen LogP contribution in [0.25, 0.3) is 0 Å². The van der Waals surface area contributed by atoms with Gasteiger partial charge in [0.2, 0.25) is 0 Å². The molecule has 1 rings (SSSR count). The van der Waals surface area contributed by atoms with Gasteiger partial charge in [0.25, 0.3) is 0 Å². The van der Waals surface area contributed by atoms with Crippen LogP contribution >= 0.6 is 11.3 Å². The Morgan fingerprint density at radius 2 is 2.46 bits per heavy atom. The Kier molecular flexibility index (Phi) is 5.27. The van der Waals surface area contributed by atoms with Crippen molar-refractivity contribution in [3.8, 4) is 0 Å². The van der Waals surface area contributed by atoms with E-state index < -0.39 is 10.8 Å². The van der Waals surface area contributed by atoms with E-state index in [9.17, 15) is 4.21 Å². The first-order valence-electron chi connectivity index (χ1n) is 4.39. The quantitative estimate of drug-likeness (QED) is 0.733. The number of hydrogen-bond acceptors (Lipinski definition) is 3. The van der Waals surface area contributed by atoms with Crippen LogP contribution in [0.4, 0.5) is 0 Å². The summed E-state index contributed by atoms with van der Waals surface area (Å²) in [5.41, 5.74) is 1.31. The van der Waals surface area contributed by atoms with Crippen molar-refractivity contribution in [1.29, 1.82) is 0 Å². The zero-order chi connectivity index (χ0) is 9.52. The Bertz CT molecular complexity index is 246. The van der Waals surface area contributed by atoms with Crippen LogP contribution in [-0.4, -0.2) is 22.3 Å². The van der Waals surface area contributed by atoms with Crippen LogP contribution in [0.1, 0.15) is 12.5 Å². The average Bonchev–Trinajstić information content (AvgIpc) is 2.64. The van der Waals surface area contributed by atoms with Crippen molar-refractivity contribution in [3.05, 3.63) is 22.4 Å². The molecule has 1 N–H and O–H groups in total. The van der Waals surface area contributed by atoms with Crippen LogP contribution in [0.2, 0.25) is 0 Å². The molecule has 1 aromatic heterocycles. The lowest BCUT2D eigenvalue weighted by molar-refractivity contribution is 0.674. The minimum atomic E-state index is -0.635. The fraction of sp³-hybridized carbons (Fsp3) is 0.556. The summed E-state index contributed by atoms with van der Waals surface area (Å²) in [6, 6.07) is 2.11. The summed E-state index contributed by atoms with van der Waals surface area (Å²) >= 11 is 1.71. The molecule has 0 aliphatic rings. The first kappa shape index (κ1) is 10.9. The van der Waals surface area contributed by atoms with Gasteiger partial charge in [-0.15, -0.1) is 0 Å². The second-order valence-electron chi connectivity index (χ2n) is 2.74. The topological polar surface area (TPSA) is 29.1 Å². The summed E-state index contributed by atoms with van der Waals surface area (Å²) in [4.78, 5) is 0. The number of nitrogens with one attached hydrogen (secondary N) is 1. The lowest BCUT2D eigenvalue weighted by Gasteiger charge is -2.01. The summed E-state index contributed by atoms with van der Waals surface area (Å²) in [5.74, 6) is 1.53. The Hall–Kier alpha value is -0.190. The van der Waals surface area contributed by atoms with Gasteiger partial charge in [-0.05, 0) is 22.4 Å². The Morgan fingerprint density at radius 1 is 1.62 bits per heavy atom. The predicted molar refractivity (Wildman–Crippen MR) is 59.6 cm³/mol. The van der Waals surface area contributed by atoms with E-state index in [4.69, 9.17) is 0 Å². The van der Waals surface area contributed by atoms with E-state index in [-0.39, 0.29) is 0 Å². The van der Waals surface area contributed by atoms with E-state index in [1.807, 2.05) is 6.92 Å². The monoisotopic (exact) mass is 217 g/mol. The minimum absolute atomic E-state index is 0.635. The standard InChI is InChI=1S/C9H15NOS2/c1-2-13(11)6-4-10-7-9-3-5-12-8-9/h3,5,8,10H,2,4,6-7H2,1H3. The number of hydrogen-bond donors (Lipinski definition) is 1. The van der Waals surface area contributed by atoms with Crippen molar-refractivity contribution >= 4 is 22.1 Å². The first-order chi connectivity index (χ1) is 6.33. The average molecular weight is 217 g/mol. The van der Waals surface area contributed by atoms with Gasteiger partial charge in [0, 0.05) is 35.4 Å². The van der Waals surface area contributed by atoms with Crippen molar-refractivity contribution < 1.29 is 4.21 Å². The van der Waals surface area contributed by atoms with Crippen LogP contribution in [0, 0.1) is 0 Å². The Balaban J connectivity index is 2.05. The van der Waals surface area contributed by atoms with Crippen LogP contribution in [0.3, 0.4) is 0 Å². The van der Waals surface area contributed by atoms with E-state index in [1.165, 1.54) is 5.56 Å². The molecule has 74 valence electrons. The third kappa shape index (κ3) is 4.55. The Morgan fingerprint density at radius 3 is 3.08 bits per heavy atom. The SMILES string of the molecule is CCS(=O)CCNCc1ccsc1. The lowest BCUT2D eigenvalue weighted by atomic mass is 10.3. The maximum Gasteiger partial charge on any atom is 0.0360 e. The molecule has 0 saturated carbocycles. The van der Waals surface area contributed by atoms with Gasteiger partial charge < -0.3 is 5.32 Å². The second kappa shape index (κ2) is 6.29. The van der Waals surface area contributed by atoms with Crippen molar-refractivity contribution in [2.45, 2.75) is 13.5 Å². The second-order valence-corrected chi connectivity index (χ2v) is 5.39. The molecule has 2 nitrogen and oxygen atoms in total. The molecule has 0 aromatic carbocycles. The van der Waals surface area contributed by atoms with E-state index in [0.29, 0.717) is 0 Å². The molecule has 13 heavy (non-hydrogen) atoms. The van der Waals surface area contributed by atoms with Gasteiger partial charge in [0.05, 0.1) is 0 Å². The summed E-state index contributed by atoms with van der Waals surface area (Å²) < 4.78 is 11.0. The van der Waals surface area contributed by atoms with Crippen molar-refractivity contribution in [2.75, 3.05) is 18.1 Å². The summed E-state index contributed by atoms with van der Waals surface area (Å²) in [6.07, 6.45) is 0. The van der Waals surface area contributed by atoms with Crippen LogP contribution in [0.15, 0.2) is 16.8 Å². The van der Waals surface area contributed by atoms with Crippen molar-refractivity contribution in [1.82, 2.24) is 5.32 Å². The molecular formula is C9H15NOS2. The molecule has 0 aliphatic heterocycles. The highest BCUT2D eigenvalue weighted by molar-refractivity contribution is 7.84. The highest BCUT2D eigenvalue weighted by Crippen LogP contribution is 2.04. The van der Waals surface area contributed by atoms with E-state index in [1.54, 1.807) is 11.3 Å². The summed E-state index contributed by atoms with van der Waals surface area (Å²) in [5, 5.41) is 7.47. The third-order valence-corrected chi connectivity index (χ3v) is 3.77. The molecular weight excluding hydrogens is 202 g/mol. The number of rotatable bonds is 6. The molecule has 1 unspecified atom stereocenters. The molecule has 1 atom stereocenters. The predicted octanol–water partition coefficient (Wildman–Crippen LogP) is 1.61.